The number of aliphatic hydroxyl groups excluding tert-OH is 1. The van der Waals surface area contributed by atoms with E-state index >= 15 is 0 Å². The Labute approximate surface area is 113 Å². The van der Waals surface area contributed by atoms with Crippen LogP contribution >= 0.6 is 0 Å². The third-order valence-electron chi connectivity index (χ3n) is 3.01. The number of H-pyrrole nitrogens is 1. The summed E-state index contributed by atoms with van der Waals surface area (Å²) >= 11 is 0. The molecule has 1 aromatic heterocycles. The minimum atomic E-state index is -0.691. The number of carbonyl (C=O) groups excluding carboxylic acids is 1. The van der Waals surface area contributed by atoms with Crippen molar-refractivity contribution in [2.24, 2.45) is 0 Å². The zero-order valence-electron chi connectivity index (χ0n) is 10.4. The Morgan fingerprint density at radius 2 is 2.40 bits per heavy atom. The van der Waals surface area contributed by atoms with E-state index in [4.69, 9.17) is 4.84 Å². The van der Waals surface area contributed by atoms with Gasteiger partial charge in [-0.05, 0) is 12.1 Å². The van der Waals surface area contributed by atoms with Gasteiger partial charge in [0.05, 0.1) is 24.0 Å². The highest BCUT2D eigenvalue weighted by Crippen LogP contribution is 2.24. The first-order chi connectivity index (χ1) is 9.65. The van der Waals surface area contributed by atoms with Gasteiger partial charge in [-0.1, -0.05) is 12.1 Å². The largest absolute Gasteiger partial charge is 0.389 e. The Morgan fingerprint density at radius 3 is 3.10 bits per heavy atom. The smallest absolute Gasteiger partial charge is 0.281 e. The number of aromatic amines is 1. The lowest BCUT2D eigenvalue weighted by Crippen LogP contribution is -2.28. The van der Waals surface area contributed by atoms with Gasteiger partial charge in [-0.25, -0.2) is 9.45 Å². The van der Waals surface area contributed by atoms with Gasteiger partial charge in [0.15, 0.2) is 0 Å². The standard InChI is InChI=1S/C13H12FN3O3/c14-9-3-1-2-8(4-9)12-11(5-15-16-12)13(19)17-6-10(18)7-20-17/h1-5,10,18H,6-7H2,(H,15,16)/t10-/m1/s1. The van der Waals surface area contributed by atoms with Crippen molar-refractivity contribution in [3.8, 4) is 11.3 Å². The molecule has 2 aromatic rings. The number of carbonyl (C=O) groups is 1. The summed E-state index contributed by atoms with van der Waals surface area (Å²) in [4.78, 5) is 17.4. The third-order valence-corrected chi connectivity index (χ3v) is 3.01. The van der Waals surface area contributed by atoms with Crippen LogP contribution in [0.2, 0.25) is 0 Å². The fourth-order valence-corrected chi connectivity index (χ4v) is 2.06. The van der Waals surface area contributed by atoms with E-state index in [2.05, 4.69) is 10.2 Å². The molecule has 1 aliphatic heterocycles. The minimum Gasteiger partial charge on any atom is -0.389 e. The summed E-state index contributed by atoms with van der Waals surface area (Å²) in [5.41, 5.74) is 1.20. The molecule has 1 fully saturated rings. The van der Waals surface area contributed by atoms with Crippen LogP contribution in [0.1, 0.15) is 10.4 Å². The maximum absolute atomic E-state index is 13.3. The van der Waals surface area contributed by atoms with Gasteiger partial charge in [0.25, 0.3) is 5.91 Å². The number of rotatable bonds is 2. The van der Waals surface area contributed by atoms with Crippen molar-refractivity contribution in [1.29, 1.82) is 0 Å². The molecule has 0 radical (unpaired) electrons. The van der Waals surface area contributed by atoms with Gasteiger partial charge in [-0.15, -0.1) is 0 Å². The van der Waals surface area contributed by atoms with Crippen LogP contribution < -0.4 is 0 Å². The van der Waals surface area contributed by atoms with E-state index in [1.807, 2.05) is 0 Å². The van der Waals surface area contributed by atoms with Crippen LogP contribution in [0.5, 0.6) is 0 Å². The molecule has 0 bridgehead atoms. The van der Waals surface area contributed by atoms with Crippen molar-refractivity contribution in [3.63, 3.8) is 0 Å². The number of halogens is 1. The molecule has 1 saturated heterocycles. The monoisotopic (exact) mass is 277 g/mol. The fraction of sp³-hybridized carbons (Fsp3) is 0.231. The highest BCUT2D eigenvalue weighted by atomic mass is 19.1. The van der Waals surface area contributed by atoms with Crippen LogP contribution in [0.25, 0.3) is 11.3 Å². The molecule has 1 amide bonds. The summed E-state index contributed by atoms with van der Waals surface area (Å²) in [7, 11) is 0. The molecule has 0 spiro atoms. The number of benzene rings is 1. The van der Waals surface area contributed by atoms with Gasteiger partial charge in [-0.2, -0.15) is 5.10 Å². The summed E-state index contributed by atoms with van der Waals surface area (Å²) in [6.07, 6.45) is 0.667. The number of hydroxylamine groups is 2. The summed E-state index contributed by atoms with van der Waals surface area (Å²) in [6.45, 7) is 0.186. The van der Waals surface area contributed by atoms with Gasteiger partial charge in [0.1, 0.15) is 18.5 Å². The third kappa shape index (κ3) is 2.28. The normalized spacial score (nSPS) is 18.5. The van der Waals surface area contributed by atoms with E-state index in [1.54, 1.807) is 12.1 Å². The Hall–Kier alpha value is -2.25. The minimum absolute atomic E-state index is 0.0822. The number of hydrogen-bond acceptors (Lipinski definition) is 4. The van der Waals surface area contributed by atoms with E-state index < -0.39 is 17.8 Å². The fourth-order valence-electron chi connectivity index (χ4n) is 2.06. The lowest BCUT2D eigenvalue weighted by molar-refractivity contribution is -0.0779. The Morgan fingerprint density at radius 1 is 1.55 bits per heavy atom. The van der Waals surface area contributed by atoms with Crippen molar-refractivity contribution < 1.29 is 19.1 Å². The molecule has 0 aliphatic carbocycles. The predicted octanol–water partition coefficient (Wildman–Crippen LogP) is 0.964. The number of nitrogens with one attached hydrogen (secondary N) is 1. The summed E-state index contributed by atoms with van der Waals surface area (Å²) in [5, 5.41) is 17.0. The van der Waals surface area contributed by atoms with Crippen molar-refractivity contribution in [2.75, 3.05) is 13.2 Å². The van der Waals surface area contributed by atoms with Gasteiger partial charge < -0.3 is 5.11 Å². The zero-order valence-corrected chi connectivity index (χ0v) is 10.4. The van der Waals surface area contributed by atoms with Crippen LogP contribution in [0, 0.1) is 5.82 Å². The van der Waals surface area contributed by atoms with E-state index in [-0.39, 0.29) is 18.7 Å². The SMILES string of the molecule is O=C(c1cn[nH]c1-c1cccc(F)c1)N1C[C@@H](O)CO1. The molecule has 1 aromatic carbocycles. The van der Waals surface area contributed by atoms with E-state index in [0.717, 1.165) is 5.06 Å². The second-order valence-electron chi connectivity index (χ2n) is 4.48. The zero-order chi connectivity index (χ0) is 14.1. The average Bonchev–Trinajstić information content (AvgIpc) is 3.06. The molecule has 0 unspecified atom stereocenters. The molecule has 1 aliphatic rings. The molecule has 2 N–H and O–H groups in total. The van der Waals surface area contributed by atoms with Crippen molar-refractivity contribution in [2.45, 2.75) is 6.10 Å². The number of β-amino-alcohol motifs (C(OH)–C–C–N with tert-alkyl or cyclic N) is 1. The Balaban J connectivity index is 1.92. The number of hydrogen-bond donors (Lipinski definition) is 2. The molecule has 2 heterocycles. The molecule has 20 heavy (non-hydrogen) atoms. The van der Waals surface area contributed by atoms with Crippen LogP contribution in [0.15, 0.2) is 30.5 Å². The first-order valence-corrected chi connectivity index (χ1v) is 6.07. The van der Waals surface area contributed by atoms with Crippen LogP contribution in [-0.2, 0) is 4.84 Å². The maximum Gasteiger partial charge on any atom is 0.281 e. The van der Waals surface area contributed by atoms with Crippen LogP contribution in [0.3, 0.4) is 0 Å². The maximum atomic E-state index is 13.3. The second-order valence-corrected chi connectivity index (χ2v) is 4.48. The number of aliphatic hydroxyl groups is 1. The molecular weight excluding hydrogens is 265 g/mol. The molecule has 1 atom stereocenters. The highest BCUT2D eigenvalue weighted by molar-refractivity contribution is 5.99. The van der Waals surface area contributed by atoms with E-state index in [0.29, 0.717) is 11.3 Å². The van der Waals surface area contributed by atoms with Crippen molar-refractivity contribution in [3.05, 3.63) is 41.8 Å². The van der Waals surface area contributed by atoms with Crippen LogP contribution in [-0.4, -0.2) is 45.5 Å². The summed E-state index contributed by atoms with van der Waals surface area (Å²) in [6, 6.07) is 5.86. The topological polar surface area (TPSA) is 78.5 Å². The average molecular weight is 277 g/mol. The second kappa shape index (κ2) is 5.03. The lowest BCUT2D eigenvalue weighted by Gasteiger charge is -2.13. The van der Waals surface area contributed by atoms with Gasteiger partial charge in [-0.3, -0.25) is 14.7 Å². The molecular formula is C13H12FN3O3. The van der Waals surface area contributed by atoms with Gasteiger partial charge >= 0.3 is 0 Å². The summed E-state index contributed by atoms with van der Waals surface area (Å²) < 4.78 is 13.3. The first kappa shape index (κ1) is 12.8. The van der Waals surface area contributed by atoms with Crippen LogP contribution in [0.4, 0.5) is 4.39 Å². The lowest BCUT2D eigenvalue weighted by atomic mass is 10.1. The highest BCUT2D eigenvalue weighted by Gasteiger charge is 2.29. The number of nitrogens with zero attached hydrogens (tertiary/aromatic N) is 2. The number of amides is 1. The number of aromatic nitrogens is 2. The van der Waals surface area contributed by atoms with Crippen molar-refractivity contribution in [1.82, 2.24) is 15.3 Å². The predicted molar refractivity (Wildman–Crippen MR) is 67.0 cm³/mol. The summed E-state index contributed by atoms with van der Waals surface area (Å²) in [5.74, 6) is -0.821. The molecule has 0 saturated carbocycles. The quantitative estimate of drug-likeness (QED) is 0.857. The first-order valence-electron chi connectivity index (χ1n) is 6.07. The van der Waals surface area contributed by atoms with Crippen molar-refractivity contribution >= 4 is 5.91 Å². The van der Waals surface area contributed by atoms with Gasteiger partial charge in [0, 0.05) is 5.56 Å². The Kier molecular flexibility index (Phi) is 3.21. The molecule has 6 nitrogen and oxygen atoms in total. The molecule has 104 valence electrons. The van der Waals surface area contributed by atoms with E-state index in [1.165, 1.54) is 18.3 Å². The Bertz CT molecular complexity index is 643. The van der Waals surface area contributed by atoms with Gasteiger partial charge in [0.2, 0.25) is 0 Å². The molecule has 3 rings (SSSR count). The molecule has 7 heteroatoms. The van der Waals surface area contributed by atoms with E-state index in [9.17, 15) is 14.3 Å².